The van der Waals surface area contributed by atoms with Crippen LogP contribution in [0.25, 0.3) is 0 Å². The Bertz CT molecular complexity index is 485. The molecule has 0 atom stereocenters. The minimum atomic E-state index is -4.58. The van der Waals surface area contributed by atoms with Crippen LogP contribution in [0.2, 0.25) is 10.0 Å². The lowest BCUT2D eigenvalue weighted by Crippen LogP contribution is -2.01. The van der Waals surface area contributed by atoms with Crippen molar-refractivity contribution >= 4 is 39.0 Å². The lowest BCUT2D eigenvalue weighted by Gasteiger charge is -2.07. The molecule has 0 aliphatic carbocycles. The third kappa shape index (κ3) is 1.88. The largest absolute Gasteiger partial charge is 0.504 e. The van der Waals surface area contributed by atoms with Crippen LogP contribution >= 0.6 is 23.2 Å². The molecule has 78 valence electrons. The van der Waals surface area contributed by atoms with E-state index in [1.807, 2.05) is 0 Å². The van der Waals surface area contributed by atoms with Crippen LogP contribution in [0.3, 0.4) is 0 Å². The first kappa shape index (κ1) is 11.4. The molecule has 1 aromatic carbocycles. The highest BCUT2D eigenvalue weighted by Crippen LogP contribution is 2.39. The third-order valence-electron chi connectivity index (χ3n) is 1.44. The Hall–Kier alpha value is -0.690. The number of hydrogen-bond donors (Lipinski definition) is 3. The number of benzene rings is 1. The van der Waals surface area contributed by atoms with E-state index < -0.39 is 25.8 Å². The molecule has 4 N–H and O–H groups in total. The van der Waals surface area contributed by atoms with E-state index in [-0.39, 0.29) is 10.7 Å². The number of aromatic hydroxyl groups is 1. The fourth-order valence-electron chi connectivity index (χ4n) is 0.846. The van der Waals surface area contributed by atoms with E-state index in [9.17, 15) is 13.5 Å². The first-order chi connectivity index (χ1) is 6.25. The van der Waals surface area contributed by atoms with E-state index >= 15 is 0 Å². The van der Waals surface area contributed by atoms with Gasteiger partial charge in [-0.15, -0.1) is 0 Å². The predicted molar refractivity (Wildman–Crippen MR) is 52.4 cm³/mol. The minimum absolute atomic E-state index is 0.174. The van der Waals surface area contributed by atoms with Crippen molar-refractivity contribution in [3.05, 3.63) is 16.1 Å². The molecule has 0 bridgehead atoms. The van der Waals surface area contributed by atoms with Gasteiger partial charge >= 0.3 is 0 Å². The monoisotopic (exact) mass is 257 g/mol. The average Bonchev–Trinajstić information content (AvgIpc) is 1.97. The lowest BCUT2D eigenvalue weighted by atomic mass is 10.3. The Morgan fingerprint density at radius 3 is 2.29 bits per heavy atom. The van der Waals surface area contributed by atoms with Crippen molar-refractivity contribution in [2.24, 2.45) is 0 Å². The molecule has 0 saturated heterocycles. The van der Waals surface area contributed by atoms with Gasteiger partial charge in [-0.2, -0.15) is 8.42 Å². The Labute approximate surface area is 89.8 Å². The molecule has 1 rings (SSSR count). The SMILES string of the molecule is Nc1cc(Cl)c(S(=O)(=O)O)c(Cl)c1O. The van der Waals surface area contributed by atoms with Gasteiger partial charge in [0.25, 0.3) is 10.1 Å². The number of anilines is 1. The Morgan fingerprint density at radius 2 is 1.86 bits per heavy atom. The van der Waals surface area contributed by atoms with Gasteiger partial charge in [-0.3, -0.25) is 4.55 Å². The fourth-order valence-corrected chi connectivity index (χ4v) is 2.53. The third-order valence-corrected chi connectivity index (χ3v) is 3.27. The first-order valence-corrected chi connectivity index (χ1v) is 5.38. The molecular weight excluding hydrogens is 253 g/mol. The predicted octanol–water partition coefficient (Wildman–Crippen LogP) is 1.53. The summed E-state index contributed by atoms with van der Waals surface area (Å²) in [6.07, 6.45) is 0. The fraction of sp³-hybridized carbons (Fsp3) is 0. The summed E-state index contributed by atoms with van der Waals surface area (Å²) in [6.45, 7) is 0. The van der Waals surface area contributed by atoms with Gasteiger partial charge in [0, 0.05) is 0 Å². The summed E-state index contributed by atoms with van der Waals surface area (Å²) in [7, 11) is -4.58. The Morgan fingerprint density at radius 1 is 1.36 bits per heavy atom. The van der Waals surface area contributed by atoms with Crippen LogP contribution in [0.4, 0.5) is 5.69 Å². The van der Waals surface area contributed by atoms with Crippen LogP contribution in [0.5, 0.6) is 5.75 Å². The Balaban J connectivity index is 3.70. The molecule has 0 unspecified atom stereocenters. The molecule has 0 heterocycles. The van der Waals surface area contributed by atoms with Gasteiger partial charge in [0.15, 0.2) is 5.75 Å². The van der Waals surface area contributed by atoms with Gasteiger partial charge < -0.3 is 10.8 Å². The molecule has 0 spiro atoms. The number of nitrogens with two attached hydrogens (primary N) is 1. The van der Waals surface area contributed by atoms with Gasteiger partial charge in [-0.05, 0) is 6.07 Å². The molecule has 0 aliphatic rings. The van der Waals surface area contributed by atoms with Crippen molar-refractivity contribution in [2.75, 3.05) is 5.73 Å². The smallest absolute Gasteiger partial charge is 0.297 e. The molecule has 1 aromatic rings. The summed E-state index contributed by atoms with van der Waals surface area (Å²) in [5.74, 6) is -0.635. The number of rotatable bonds is 1. The van der Waals surface area contributed by atoms with E-state index in [4.69, 9.17) is 33.5 Å². The number of phenols is 1. The second kappa shape index (κ2) is 3.47. The minimum Gasteiger partial charge on any atom is -0.504 e. The maximum atomic E-state index is 10.8. The van der Waals surface area contributed by atoms with Crippen LogP contribution in [0.1, 0.15) is 0 Å². The number of hydrogen-bond acceptors (Lipinski definition) is 4. The van der Waals surface area contributed by atoms with Crippen molar-refractivity contribution in [1.29, 1.82) is 0 Å². The van der Waals surface area contributed by atoms with E-state index in [0.717, 1.165) is 6.07 Å². The molecular formula is C6H5Cl2NO4S. The van der Waals surface area contributed by atoms with Gasteiger partial charge in [0.2, 0.25) is 0 Å². The molecule has 5 nitrogen and oxygen atoms in total. The second-order valence-corrected chi connectivity index (χ2v) is 4.56. The van der Waals surface area contributed by atoms with Crippen molar-refractivity contribution in [1.82, 2.24) is 0 Å². The summed E-state index contributed by atoms with van der Waals surface area (Å²) in [5.41, 5.74) is 5.06. The van der Waals surface area contributed by atoms with Gasteiger partial charge in [0.1, 0.15) is 9.92 Å². The van der Waals surface area contributed by atoms with Crippen molar-refractivity contribution in [3.63, 3.8) is 0 Å². The zero-order valence-corrected chi connectivity index (χ0v) is 8.86. The Kier molecular flexibility index (Phi) is 2.82. The topological polar surface area (TPSA) is 101 Å². The highest BCUT2D eigenvalue weighted by Gasteiger charge is 2.23. The van der Waals surface area contributed by atoms with E-state index in [2.05, 4.69) is 0 Å². The molecule has 8 heteroatoms. The number of nitrogen functional groups attached to an aromatic ring is 1. The molecule has 0 aliphatic heterocycles. The zero-order chi connectivity index (χ0) is 11.1. The van der Waals surface area contributed by atoms with Crippen LogP contribution in [0, 0.1) is 0 Å². The van der Waals surface area contributed by atoms with E-state index in [0.29, 0.717) is 0 Å². The summed E-state index contributed by atoms with van der Waals surface area (Å²) >= 11 is 10.9. The molecule has 0 aromatic heterocycles. The highest BCUT2D eigenvalue weighted by molar-refractivity contribution is 7.86. The van der Waals surface area contributed by atoms with E-state index in [1.54, 1.807) is 0 Å². The lowest BCUT2D eigenvalue weighted by molar-refractivity contribution is 0.468. The molecule has 0 fully saturated rings. The quantitative estimate of drug-likeness (QED) is 0.403. The van der Waals surface area contributed by atoms with Crippen LogP contribution in [0.15, 0.2) is 11.0 Å². The molecule has 0 saturated carbocycles. The highest BCUT2D eigenvalue weighted by atomic mass is 35.5. The van der Waals surface area contributed by atoms with Crippen LogP contribution in [-0.2, 0) is 10.1 Å². The second-order valence-electron chi connectivity index (χ2n) is 2.41. The average molecular weight is 258 g/mol. The van der Waals surface area contributed by atoms with Crippen molar-refractivity contribution in [2.45, 2.75) is 4.90 Å². The maximum Gasteiger partial charge on any atom is 0.297 e. The molecule has 0 radical (unpaired) electrons. The number of phenolic OH excluding ortho intramolecular Hbond substituents is 1. The normalized spacial score (nSPS) is 11.6. The summed E-state index contributed by atoms with van der Waals surface area (Å²) in [5, 5.41) is 8.23. The summed E-state index contributed by atoms with van der Waals surface area (Å²) in [6, 6.07) is 0.978. The molecule has 0 amide bonds. The van der Waals surface area contributed by atoms with Gasteiger partial charge in [-0.1, -0.05) is 23.2 Å². The van der Waals surface area contributed by atoms with Gasteiger partial charge in [0.05, 0.1) is 10.7 Å². The zero-order valence-electron chi connectivity index (χ0n) is 6.53. The summed E-state index contributed by atoms with van der Waals surface area (Å²) < 4.78 is 30.3. The number of halogens is 2. The van der Waals surface area contributed by atoms with Crippen LogP contribution < -0.4 is 5.73 Å². The molecule has 14 heavy (non-hydrogen) atoms. The standard InChI is InChI=1S/C6H5Cl2NO4S/c7-2-1-3(9)5(10)4(8)6(2)14(11,12)13/h1,10H,9H2,(H,11,12,13). The summed E-state index contributed by atoms with van der Waals surface area (Å²) in [4.78, 5) is -0.757. The maximum absolute atomic E-state index is 10.8. The van der Waals surface area contributed by atoms with Gasteiger partial charge in [-0.25, -0.2) is 0 Å². The van der Waals surface area contributed by atoms with E-state index in [1.165, 1.54) is 0 Å². The van der Waals surface area contributed by atoms with Crippen LogP contribution in [-0.4, -0.2) is 18.1 Å². The van der Waals surface area contributed by atoms with Crippen molar-refractivity contribution < 1.29 is 18.1 Å². The first-order valence-electron chi connectivity index (χ1n) is 3.19. The van der Waals surface area contributed by atoms with Crippen molar-refractivity contribution in [3.8, 4) is 5.75 Å².